The van der Waals surface area contributed by atoms with E-state index in [9.17, 15) is 9.83 Å². The van der Waals surface area contributed by atoms with Crippen LogP contribution in [0.15, 0.2) is 107 Å². The van der Waals surface area contributed by atoms with Crippen LogP contribution in [0.1, 0.15) is 5.56 Å². The number of hydrogen-bond donors (Lipinski definition) is 0. The fourth-order valence-electron chi connectivity index (χ4n) is 2.89. The number of methoxy groups -OCH3 is 1. The zero-order valence-corrected chi connectivity index (χ0v) is 19.7. The molecule has 0 N–H and O–H groups in total. The first-order valence-electron chi connectivity index (χ1n) is 10.1. The van der Waals surface area contributed by atoms with Crippen LogP contribution in [0.5, 0.6) is 17.2 Å². The summed E-state index contributed by atoms with van der Waals surface area (Å²) >= 11 is 1.21. The second-order valence-corrected chi connectivity index (χ2v) is 9.27. The second kappa shape index (κ2) is 10.8. The van der Waals surface area contributed by atoms with E-state index in [0.717, 1.165) is 5.56 Å². The van der Waals surface area contributed by atoms with Gasteiger partial charge >= 0.3 is 7.82 Å². The summed E-state index contributed by atoms with van der Waals surface area (Å²) in [5, 5.41) is 14.1. The molecule has 0 saturated heterocycles. The lowest BCUT2D eigenvalue weighted by Gasteiger charge is -2.16. The number of benzene rings is 3. The van der Waals surface area contributed by atoms with Gasteiger partial charge in [0.2, 0.25) is 0 Å². The summed E-state index contributed by atoms with van der Waals surface area (Å²) in [6.07, 6.45) is 3.41. The van der Waals surface area contributed by atoms with E-state index >= 15 is 0 Å². The van der Waals surface area contributed by atoms with Crippen LogP contribution in [-0.4, -0.2) is 12.2 Å². The van der Waals surface area contributed by atoms with Crippen LogP contribution in [0, 0.1) is 11.3 Å². The summed E-state index contributed by atoms with van der Waals surface area (Å²) in [4.78, 5) is 0.679. The predicted octanol–water partition coefficient (Wildman–Crippen LogP) is 6.83. The molecule has 0 aliphatic carbocycles. The molecule has 9 heteroatoms. The Bertz CT molecular complexity index is 1270. The SMILES string of the molecule is COc1ccc(/C(C#N)=C2C=C/C(=N/OP(=O)(Oc3ccccc3)Oc3ccccc3)S/2)cc1. The Balaban J connectivity index is 1.54. The molecule has 0 fully saturated rings. The number of nitriles is 1. The monoisotopic (exact) mass is 490 g/mol. The van der Waals surface area contributed by atoms with Gasteiger partial charge < -0.3 is 13.8 Å². The van der Waals surface area contributed by atoms with E-state index in [1.54, 1.807) is 104 Å². The Morgan fingerprint density at radius 2 is 1.44 bits per heavy atom. The van der Waals surface area contributed by atoms with Gasteiger partial charge in [-0.2, -0.15) is 9.83 Å². The number of phosphoric ester groups is 1. The molecule has 34 heavy (non-hydrogen) atoms. The lowest BCUT2D eigenvalue weighted by Crippen LogP contribution is -2.03. The molecule has 1 aliphatic heterocycles. The van der Waals surface area contributed by atoms with E-state index in [0.29, 0.717) is 32.8 Å². The summed E-state index contributed by atoms with van der Waals surface area (Å²) in [5.41, 5.74) is 1.21. The Hall–Kier alpha value is -3.92. The van der Waals surface area contributed by atoms with Gasteiger partial charge in [0.05, 0.1) is 12.7 Å². The summed E-state index contributed by atoms with van der Waals surface area (Å²) in [5.74, 6) is 1.32. The third-order valence-corrected chi connectivity index (χ3v) is 6.61. The highest BCUT2D eigenvalue weighted by molar-refractivity contribution is 8.18. The number of phosphoric acid groups is 1. The molecule has 0 saturated carbocycles. The van der Waals surface area contributed by atoms with Crippen molar-refractivity contribution in [2.75, 3.05) is 7.11 Å². The molecule has 0 bridgehead atoms. The van der Waals surface area contributed by atoms with Crippen LogP contribution in [0.4, 0.5) is 0 Å². The summed E-state index contributed by atoms with van der Waals surface area (Å²) in [6, 6.07) is 26.5. The molecule has 0 atom stereocenters. The zero-order valence-electron chi connectivity index (χ0n) is 18.0. The Morgan fingerprint density at radius 3 is 1.97 bits per heavy atom. The van der Waals surface area contributed by atoms with Crippen LogP contribution in [-0.2, 0) is 9.19 Å². The van der Waals surface area contributed by atoms with Crippen molar-refractivity contribution in [1.82, 2.24) is 0 Å². The number of oxime groups is 1. The van der Waals surface area contributed by atoms with Crippen LogP contribution in [0.25, 0.3) is 5.57 Å². The van der Waals surface area contributed by atoms with Crippen molar-refractivity contribution in [2.24, 2.45) is 5.16 Å². The second-order valence-electron chi connectivity index (χ2n) is 6.78. The maximum atomic E-state index is 13.4. The molecular formula is C25H19N2O5PS. The molecular weight excluding hydrogens is 471 g/mol. The molecule has 0 radical (unpaired) electrons. The van der Waals surface area contributed by atoms with Gasteiger partial charge in [-0.1, -0.05) is 53.3 Å². The van der Waals surface area contributed by atoms with Crippen molar-refractivity contribution < 1.29 is 23.0 Å². The van der Waals surface area contributed by atoms with Crippen LogP contribution in [0.2, 0.25) is 0 Å². The zero-order chi connectivity index (χ0) is 23.8. The van der Waals surface area contributed by atoms with Gasteiger partial charge in [-0.3, -0.25) is 4.62 Å². The van der Waals surface area contributed by atoms with Gasteiger partial charge in [0.25, 0.3) is 0 Å². The van der Waals surface area contributed by atoms with E-state index in [1.165, 1.54) is 11.8 Å². The number of para-hydroxylation sites is 2. The largest absolute Gasteiger partial charge is 0.668 e. The quantitative estimate of drug-likeness (QED) is 0.194. The summed E-state index contributed by atoms with van der Waals surface area (Å²) in [6.45, 7) is 0. The number of thioether (sulfide) groups is 1. The standard InChI is InChI=1S/C25H19N2O5PS/c1-29-20-14-12-19(13-15-20)23(18-26)24-16-17-25(34-24)27-32-33(28,30-21-8-4-2-5-9-21)31-22-10-6-3-7-11-22/h2-17H,1H3/b24-23-,27-25-. The first-order chi connectivity index (χ1) is 16.6. The average molecular weight is 490 g/mol. The molecule has 4 rings (SSSR count). The van der Waals surface area contributed by atoms with Crippen LogP contribution < -0.4 is 13.8 Å². The van der Waals surface area contributed by atoms with Crippen LogP contribution >= 0.6 is 19.6 Å². The Morgan fingerprint density at radius 1 is 0.853 bits per heavy atom. The highest BCUT2D eigenvalue weighted by Crippen LogP contribution is 2.50. The Labute approximate surface area is 201 Å². The van der Waals surface area contributed by atoms with E-state index in [1.807, 2.05) is 0 Å². The first-order valence-corrected chi connectivity index (χ1v) is 12.4. The average Bonchev–Trinajstić information content (AvgIpc) is 3.34. The van der Waals surface area contributed by atoms with Gasteiger partial charge in [-0.05, 0) is 66.2 Å². The fourth-order valence-corrected chi connectivity index (χ4v) is 4.84. The van der Waals surface area contributed by atoms with Gasteiger partial charge in [-0.25, -0.2) is 0 Å². The predicted molar refractivity (Wildman–Crippen MR) is 133 cm³/mol. The molecule has 0 unspecified atom stereocenters. The molecule has 1 heterocycles. The van der Waals surface area contributed by atoms with E-state index in [2.05, 4.69) is 11.2 Å². The lowest BCUT2D eigenvalue weighted by atomic mass is 10.1. The highest BCUT2D eigenvalue weighted by Gasteiger charge is 2.34. The van der Waals surface area contributed by atoms with E-state index in [-0.39, 0.29) is 0 Å². The van der Waals surface area contributed by atoms with Gasteiger partial charge in [-0.15, -0.1) is 0 Å². The topological polar surface area (TPSA) is 90.1 Å². The number of ether oxygens (including phenoxy) is 1. The van der Waals surface area contributed by atoms with Crippen molar-refractivity contribution in [3.63, 3.8) is 0 Å². The lowest BCUT2D eigenvalue weighted by molar-refractivity contribution is 0.219. The van der Waals surface area contributed by atoms with Crippen molar-refractivity contribution >= 4 is 30.2 Å². The minimum absolute atomic E-state index is 0.309. The molecule has 0 amide bonds. The normalized spacial score (nSPS) is 15.5. The molecule has 7 nitrogen and oxygen atoms in total. The number of hydrogen-bond acceptors (Lipinski definition) is 8. The number of nitrogens with zero attached hydrogens (tertiary/aromatic N) is 2. The maximum Gasteiger partial charge on any atom is 0.668 e. The molecule has 0 spiro atoms. The van der Waals surface area contributed by atoms with Crippen LogP contribution in [0.3, 0.4) is 0 Å². The highest BCUT2D eigenvalue weighted by atomic mass is 32.2. The maximum absolute atomic E-state index is 13.4. The minimum atomic E-state index is -4.16. The van der Waals surface area contributed by atoms with Gasteiger partial charge in [0.15, 0.2) is 0 Å². The van der Waals surface area contributed by atoms with Crippen molar-refractivity contribution in [1.29, 1.82) is 5.26 Å². The first kappa shape index (κ1) is 23.2. The number of allylic oxidation sites excluding steroid dienone is 2. The van der Waals surface area contributed by atoms with E-state index in [4.69, 9.17) is 18.4 Å². The molecule has 1 aliphatic rings. The summed E-state index contributed by atoms with van der Waals surface area (Å²) in [7, 11) is -2.58. The third-order valence-electron chi connectivity index (χ3n) is 4.48. The molecule has 170 valence electrons. The smallest absolute Gasteiger partial charge is 0.497 e. The van der Waals surface area contributed by atoms with Crippen molar-refractivity contribution in [3.8, 4) is 23.3 Å². The van der Waals surface area contributed by atoms with E-state index < -0.39 is 7.82 Å². The molecule has 0 aromatic heterocycles. The molecule has 3 aromatic rings. The van der Waals surface area contributed by atoms with Crippen molar-refractivity contribution in [2.45, 2.75) is 0 Å². The minimum Gasteiger partial charge on any atom is -0.497 e. The summed E-state index contributed by atoms with van der Waals surface area (Å²) < 4.78 is 35.0. The Kier molecular flexibility index (Phi) is 7.38. The third kappa shape index (κ3) is 5.90. The van der Waals surface area contributed by atoms with Gasteiger partial charge in [0.1, 0.15) is 28.4 Å². The van der Waals surface area contributed by atoms with Crippen molar-refractivity contribution in [3.05, 3.63) is 108 Å². The fraction of sp³-hybridized carbons (Fsp3) is 0.0400. The van der Waals surface area contributed by atoms with Gasteiger partial charge in [0, 0.05) is 4.91 Å². The number of rotatable bonds is 8. The molecule has 3 aromatic carbocycles.